The van der Waals surface area contributed by atoms with Crippen molar-refractivity contribution in [3.8, 4) is 0 Å². The number of hydrogen-bond acceptors (Lipinski definition) is 2. The van der Waals surface area contributed by atoms with Crippen molar-refractivity contribution in [2.45, 2.75) is 0 Å². The molecule has 1 heterocycles. The number of halogens is 1. The molecule has 0 fully saturated rings. The zero-order chi connectivity index (χ0) is 14.7. The molecule has 0 aliphatic carbocycles. The number of nitrogens with zero attached hydrogens (tertiary/aromatic N) is 1. The summed E-state index contributed by atoms with van der Waals surface area (Å²) in [4.78, 5) is 16.4. The third-order valence-electron chi connectivity index (χ3n) is 3.00. The van der Waals surface area contributed by atoms with Crippen molar-refractivity contribution in [2.75, 3.05) is 10.6 Å². The molecule has 0 aliphatic rings. The van der Waals surface area contributed by atoms with Crippen LogP contribution in [0.3, 0.4) is 0 Å². The average Bonchev–Trinajstić information content (AvgIpc) is 2.50. The average molecular weight is 342 g/mol. The van der Waals surface area contributed by atoms with E-state index >= 15 is 0 Å². The molecule has 0 aliphatic heterocycles. The molecule has 2 N–H and O–H groups in total. The summed E-state index contributed by atoms with van der Waals surface area (Å²) < 4.78 is 0.830. The standard InChI is InChI=1S/C16H12BrN3O/c17-12-7-1-2-8-13(12)19-16(21)20-14-9-3-5-11-6-4-10-18-15(11)14/h1-10H,(H2,19,20,21). The number of aromatic nitrogens is 1. The Morgan fingerprint density at radius 1 is 0.905 bits per heavy atom. The van der Waals surface area contributed by atoms with Crippen LogP contribution in [0.1, 0.15) is 0 Å². The van der Waals surface area contributed by atoms with Crippen molar-refractivity contribution < 1.29 is 4.79 Å². The number of anilines is 2. The van der Waals surface area contributed by atoms with Gasteiger partial charge in [-0.05, 0) is 40.2 Å². The Labute approximate surface area is 130 Å². The minimum Gasteiger partial charge on any atom is -0.307 e. The van der Waals surface area contributed by atoms with Gasteiger partial charge in [0.2, 0.25) is 0 Å². The van der Waals surface area contributed by atoms with E-state index in [1.165, 1.54) is 0 Å². The number of rotatable bonds is 2. The first-order chi connectivity index (χ1) is 10.2. The molecule has 0 unspecified atom stereocenters. The molecule has 3 aromatic rings. The zero-order valence-electron chi connectivity index (χ0n) is 11.0. The van der Waals surface area contributed by atoms with E-state index in [2.05, 4.69) is 31.5 Å². The van der Waals surface area contributed by atoms with Gasteiger partial charge in [0.25, 0.3) is 0 Å². The predicted octanol–water partition coefficient (Wildman–Crippen LogP) is 4.64. The summed E-state index contributed by atoms with van der Waals surface area (Å²) in [6, 6.07) is 16.6. The second-order valence-electron chi connectivity index (χ2n) is 4.44. The van der Waals surface area contributed by atoms with Crippen molar-refractivity contribution >= 4 is 44.2 Å². The van der Waals surface area contributed by atoms with Crippen LogP contribution >= 0.6 is 15.9 Å². The number of benzene rings is 2. The lowest BCUT2D eigenvalue weighted by Crippen LogP contribution is -2.19. The lowest BCUT2D eigenvalue weighted by atomic mass is 10.2. The first kappa shape index (κ1) is 13.6. The smallest absolute Gasteiger partial charge is 0.307 e. The van der Waals surface area contributed by atoms with Gasteiger partial charge in [-0.1, -0.05) is 30.3 Å². The fourth-order valence-corrected chi connectivity index (χ4v) is 2.43. The lowest BCUT2D eigenvalue weighted by Gasteiger charge is -2.10. The van der Waals surface area contributed by atoms with E-state index in [1.807, 2.05) is 54.6 Å². The molecule has 0 radical (unpaired) electrons. The second kappa shape index (κ2) is 5.93. The van der Waals surface area contributed by atoms with Crippen LogP contribution in [0.4, 0.5) is 16.2 Å². The number of para-hydroxylation sites is 2. The summed E-state index contributed by atoms with van der Waals surface area (Å²) in [6.07, 6.45) is 1.71. The largest absolute Gasteiger partial charge is 0.323 e. The quantitative estimate of drug-likeness (QED) is 0.713. The minimum atomic E-state index is -0.306. The topological polar surface area (TPSA) is 54.0 Å². The Morgan fingerprint density at radius 3 is 2.48 bits per heavy atom. The number of carbonyl (C=O) groups is 1. The van der Waals surface area contributed by atoms with Gasteiger partial charge in [0.05, 0.1) is 16.9 Å². The minimum absolute atomic E-state index is 0.306. The van der Waals surface area contributed by atoms with E-state index in [4.69, 9.17) is 0 Å². The van der Waals surface area contributed by atoms with Gasteiger partial charge >= 0.3 is 6.03 Å². The van der Waals surface area contributed by atoms with Crippen LogP contribution in [0.25, 0.3) is 10.9 Å². The first-order valence-electron chi connectivity index (χ1n) is 6.40. The molecule has 3 rings (SSSR count). The Bertz CT molecular complexity index is 799. The normalized spacial score (nSPS) is 10.3. The van der Waals surface area contributed by atoms with E-state index < -0.39 is 0 Å². The Morgan fingerprint density at radius 2 is 1.62 bits per heavy atom. The lowest BCUT2D eigenvalue weighted by molar-refractivity contribution is 0.262. The van der Waals surface area contributed by atoms with Gasteiger partial charge in [-0.2, -0.15) is 0 Å². The maximum Gasteiger partial charge on any atom is 0.323 e. The molecule has 0 bridgehead atoms. The molecule has 21 heavy (non-hydrogen) atoms. The highest BCUT2D eigenvalue weighted by Gasteiger charge is 2.07. The van der Waals surface area contributed by atoms with Crippen LogP contribution in [-0.2, 0) is 0 Å². The van der Waals surface area contributed by atoms with Crippen LogP contribution in [0.2, 0.25) is 0 Å². The van der Waals surface area contributed by atoms with E-state index in [-0.39, 0.29) is 6.03 Å². The van der Waals surface area contributed by atoms with Gasteiger partial charge in [-0.15, -0.1) is 0 Å². The van der Waals surface area contributed by atoms with Crippen molar-refractivity contribution in [3.63, 3.8) is 0 Å². The maximum atomic E-state index is 12.1. The van der Waals surface area contributed by atoms with Crippen LogP contribution in [0.15, 0.2) is 65.3 Å². The molecule has 2 amide bonds. The van der Waals surface area contributed by atoms with Crippen LogP contribution in [-0.4, -0.2) is 11.0 Å². The highest BCUT2D eigenvalue weighted by atomic mass is 79.9. The molecule has 5 heteroatoms. The molecule has 2 aromatic carbocycles. The van der Waals surface area contributed by atoms with Crippen molar-refractivity contribution in [1.82, 2.24) is 4.98 Å². The Hall–Kier alpha value is -2.40. The number of nitrogens with one attached hydrogen (secondary N) is 2. The number of urea groups is 1. The van der Waals surface area contributed by atoms with Crippen molar-refractivity contribution in [3.05, 3.63) is 65.3 Å². The maximum absolute atomic E-state index is 12.1. The fraction of sp³-hybridized carbons (Fsp3) is 0. The van der Waals surface area contributed by atoms with E-state index in [9.17, 15) is 4.79 Å². The second-order valence-corrected chi connectivity index (χ2v) is 5.29. The summed E-state index contributed by atoms with van der Waals surface area (Å²) in [7, 11) is 0. The van der Waals surface area contributed by atoms with E-state index in [0.717, 1.165) is 15.4 Å². The van der Waals surface area contributed by atoms with Crippen molar-refractivity contribution in [1.29, 1.82) is 0 Å². The first-order valence-corrected chi connectivity index (χ1v) is 7.19. The third-order valence-corrected chi connectivity index (χ3v) is 3.69. The van der Waals surface area contributed by atoms with Gasteiger partial charge in [0.15, 0.2) is 0 Å². The molecular weight excluding hydrogens is 330 g/mol. The van der Waals surface area contributed by atoms with Gasteiger partial charge in [-0.25, -0.2) is 4.79 Å². The number of hydrogen-bond donors (Lipinski definition) is 2. The van der Waals surface area contributed by atoms with Crippen LogP contribution in [0.5, 0.6) is 0 Å². The molecule has 4 nitrogen and oxygen atoms in total. The monoisotopic (exact) mass is 341 g/mol. The molecule has 0 saturated carbocycles. The van der Waals surface area contributed by atoms with Crippen molar-refractivity contribution in [2.24, 2.45) is 0 Å². The fourth-order valence-electron chi connectivity index (χ4n) is 2.04. The Kier molecular flexibility index (Phi) is 3.83. The molecule has 0 spiro atoms. The number of pyridine rings is 1. The summed E-state index contributed by atoms with van der Waals surface area (Å²) in [5.41, 5.74) is 2.16. The van der Waals surface area contributed by atoms with Gasteiger partial charge in [0.1, 0.15) is 0 Å². The molecule has 104 valence electrons. The van der Waals surface area contributed by atoms with Crippen LogP contribution < -0.4 is 10.6 Å². The molecular formula is C16H12BrN3O. The predicted molar refractivity (Wildman–Crippen MR) is 88.5 cm³/mol. The summed E-state index contributed by atoms with van der Waals surface area (Å²) in [5.74, 6) is 0. The number of amides is 2. The number of carbonyl (C=O) groups excluding carboxylic acids is 1. The zero-order valence-corrected chi connectivity index (χ0v) is 12.6. The van der Waals surface area contributed by atoms with E-state index in [0.29, 0.717) is 11.4 Å². The highest BCUT2D eigenvalue weighted by molar-refractivity contribution is 9.10. The summed E-state index contributed by atoms with van der Waals surface area (Å²) in [6.45, 7) is 0. The third kappa shape index (κ3) is 3.03. The van der Waals surface area contributed by atoms with Gasteiger partial charge in [0, 0.05) is 16.1 Å². The highest BCUT2D eigenvalue weighted by Crippen LogP contribution is 2.23. The summed E-state index contributed by atoms with van der Waals surface area (Å²) >= 11 is 3.40. The number of fused-ring (bicyclic) bond motifs is 1. The van der Waals surface area contributed by atoms with Crippen LogP contribution in [0, 0.1) is 0 Å². The molecule has 0 saturated heterocycles. The van der Waals surface area contributed by atoms with E-state index in [1.54, 1.807) is 6.20 Å². The molecule has 0 atom stereocenters. The van der Waals surface area contributed by atoms with Gasteiger partial charge in [-0.3, -0.25) is 4.98 Å². The molecule has 1 aromatic heterocycles. The Balaban J connectivity index is 1.82. The van der Waals surface area contributed by atoms with Gasteiger partial charge < -0.3 is 10.6 Å². The summed E-state index contributed by atoms with van der Waals surface area (Å²) in [5, 5.41) is 6.61. The SMILES string of the molecule is O=C(Nc1ccccc1Br)Nc1cccc2cccnc12.